The number of thiazole rings is 1. The topological polar surface area (TPSA) is 94.4 Å². The molecule has 0 radical (unpaired) electrons. The van der Waals surface area contributed by atoms with Crippen molar-refractivity contribution in [3.05, 3.63) is 75.3 Å². The second-order valence-electron chi connectivity index (χ2n) is 5.91. The summed E-state index contributed by atoms with van der Waals surface area (Å²) in [6.07, 6.45) is 0.105. The van der Waals surface area contributed by atoms with Gasteiger partial charge in [-0.25, -0.2) is 4.98 Å². The van der Waals surface area contributed by atoms with Gasteiger partial charge >= 0.3 is 0 Å². The molecule has 1 N–H and O–H groups in total. The van der Waals surface area contributed by atoms with E-state index in [-0.39, 0.29) is 24.6 Å². The first kappa shape index (κ1) is 19.5. The smallest absolute Gasteiger partial charge is 0.274 e. The van der Waals surface area contributed by atoms with Gasteiger partial charge in [0.15, 0.2) is 0 Å². The van der Waals surface area contributed by atoms with Crippen LogP contribution in [0.5, 0.6) is 5.75 Å². The van der Waals surface area contributed by atoms with Gasteiger partial charge in [-0.1, -0.05) is 30.3 Å². The number of nitro groups is 1. The maximum atomic E-state index is 12.2. The zero-order valence-electron chi connectivity index (χ0n) is 15.3. The van der Waals surface area contributed by atoms with Crippen LogP contribution in [0.3, 0.4) is 0 Å². The molecule has 7 nitrogen and oxygen atoms in total. The fourth-order valence-corrected chi connectivity index (χ4v) is 3.55. The minimum atomic E-state index is -0.454. The zero-order chi connectivity index (χ0) is 19.9. The third-order valence-corrected chi connectivity index (χ3v) is 4.90. The van der Waals surface area contributed by atoms with Crippen LogP contribution < -0.4 is 10.1 Å². The van der Waals surface area contributed by atoms with Crippen LogP contribution in [-0.4, -0.2) is 22.4 Å². The summed E-state index contributed by atoms with van der Waals surface area (Å²) in [5.74, 6) is 0.514. The van der Waals surface area contributed by atoms with E-state index in [2.05, 4.69) is 10.3 Å². The van der Waals surface area contributed by atoms with Crippen molar-refractivity contribution in [3.63, 3.8) is 0 Å². The standard InChI is InChI=1S/C20H19N3O4S/c1-2-27-18-10-6-4-8-16(18)20-22-15(13-28-20)11-19(24)21-12-14-7-3-5-9-17(14)23(25)26/h3-10,13H,2,11-12H2,1H3,(H,21,24). The predicted molar refractivity (Wildman–Crippen MR) is 107 cm³/mol. The lowest BCUT2D eigenvalue weighted by molar-refractivity contribution is -0.385. The van der Waals surface area contributed by atoms with Gasteiger partial charge in [0.25, 0.3) is 5.69 Å². The first-order chi connectivity index (χ1) is 13.6. The molecule has 144 valence electrons. The van der Waals surface area contributed by atoms with E-state index in [1.807, 2.05) is 36.6 Å². The average molecular weight is 397 g/mol. The third-order valence-electron chi connectivity index (χ3n) is 3.98. The monoisotopic (exact) mass is 397 g/mol. The first-order valence-corrected chi connectivity index (χ1v) is 9.62. The van der Waals surface area contributed by atoms with E-state index in [4.69, 9.17) is 4.74 Å². The second-order valence-corrected chi connectivity index (χ2v) is 6.77. The summed E-state index contributed by atoms with van der Waals surface area (Å²) < 4.78 is 5.63. The molecule has 0 aliphatic heterocycles. The second kappa shape index (κ2) is 9.09. The Bertz CT molecular complexity index is 987. The maximum Gasteiger partial charge on any atom is 0.274 e. The molecule has 0 fully saturated rings. The van der Waals surface area contributed by atoms with Crippen molar-refractivity contribution in [2.75, 3.05) is 6.61 Å². The van der Waals surface area contributed by atoms with Crippen LogP contribution in [0.15, 0.2) is 53.9 Å². The van der Waals surface area contributed by atoms with Crippen LogP contribution in [0.25, 0.3) is 10.6 Å². The maximum absolute atomic E-state index is 12.2. The average Bonchev–Trinajstić information content (AvgIpc) is 3.15. The summed E-state index contributed by atoms with van der Waals surface area (Å²) in [6, 6.07) is 14.0. The third kappa shape index (κ3) is 4.72. The molecule has 3 rings (SSSR count). The van der Waals surface area contributed by atoms with E-state index < -0.39 is 4.92 Å². The van der Waals surface area contributed by atoms with Gasteiger partial charge in [0, 0.05) is 23.6 Å². The Balaban J connectivity index is 1.64. The van der Waals surface area contributed by atoms with Crippen LogP contribution in [0.2, 0.25) is 0 Å². The molecule has 0 unspecified atom stereocenters. The van der Waals surface area contributed by atoms with Gasteiger partial charge < -0.3 is 10.1 Å². The van der Waals surface area contributed by atoms with Crippen molar-refractivity contribution < 1.29 is 14.5 Å². The van der Waals surface area contributed by atoms with E-state index in [9.17, 15) is 14.9 Å². The molecule has 1 amide bonds. The Morgan fingerprint density at radius 3 is 2.75 bits per heavy atom. The number of hydrogen-bond donors (Lipinski definition) is 1. The van der Waals surface area contributed by atoms with Gasteiger partial charge in [0.05, 0.1) is 29.2 Å². The van der Waals surface area contributed by atoms with Crippen LogP contribution in [0, 0.1) is 10.1 Å². The molecule has 2 aromatic carbocycles. The highest BCUT2D eigenvalue weighted by Crippen LogP contribution is 2.32. The highest BCUT2D eigenvalue weighted by molar-refractivity contribution is 7.13. The van der Waals surface area contributed by atoms with E-state index in [0.29, 0.717) is 17.9 Å². The molecule has 3 aromatic rings. The van der Waals surface area contributed by atoms with Crippen LogP contribution in [-0.2, 0) is 17.8 Å². The lowest BCUT2D eigenvalue weighted by Crippen LogP contribution is -2.25. The van der Waals surface area contributed by atoms with Crippen LogP contribution >= 0.6 is 11.3 Å². The van der Waals surface area contributed by atoms with Crippen molar-refractivity contribution in [1.29, 1.82) is 0 Å². The number of ether oxygens (including phenoxy) is 1. The summed E-state index contributed by atoms with van der Waals surface area (Å²) in [5.41, 5.74) is 1.99. The molecule has 1 heterocycles. The number of aromatic nitrogens is 1. The molecule has 0 bridgehead atoms. The molecule has 0 aliphatic rings. The van der Waals surface area contributed by atoms with E-state index in [0.717, 1.165) is 16.3 Å². The number of carbonyl (C=O) groups is 1. The first-order valence-electron chi connectivity index (χ1n) is 8.74. The summed E-state index contributed by atoms with van der Waals surface area (Å²) in [4.78, 5) is 27.4. The molecule has 1 aromatic heterocycles. The minimum absolute atomic E-state index is 0.00808. The van der Waals surface area contributed by atoms with Crippen molar-refractivity contribution in [1.82, 2.24) is 10.3 Å². The van der Waals surface area contributed by atoms with Crippen molar-refractivity contribution in [2.24, 2.45) is 0 Å². The fraction of sp³-hybridized carbons (Fsp3) is 0.200. The van der Waals surface area contributed by atoms with Gasteiger partial charge in [-0.3, -0.25) is 14.9 Å². The summed E-state index contributed by atoms with van der Waals surface area (Å²) in [6.45, 7) is 2.58. The van der Waals surface area contributed by atoms with E-state index >= 15 is 0 Å². The van der Waals surface area contributed by atoms with Gasteiger partial charge in [0.2, 0.25) is 5.91 Å². The number of benzene rings is 2. The SMILES string of the molecule is CCOc1ccccc1-c1nc(CC(=O)NCc2ccccc2[N+](=O)[O-])cs1. The number of rotatable bonds is 8. The molecule has 28 heavy (non-hydrogen) atoms. The largest absolute Gasteiger partial charge is 0.493 e. The summed E-state index contributed by atoms with van der Waals surface area (Å²) in [7, 11) is 0. The number of nitrogens with zero attached hydrogens (tertiary/aromatic N) is 2. The number of amides is 1. The number of carbonyl (C=O) groups excluding carboxylic acids is 1. The fourth-order valence-electron chi connectivity index (χ4n) is 2.70. The van der Waals surface area contributed by atoms with Crippen molar-refractivity contribution in [2.45, 2.75) is 19.9 Å². The Hall–Kier alpha value is -3.26. The lowest BCUT2D eigenvalue weighted by atomic mass is 10.2. The molecule has 8 heteroatoms. The summed E-state index contributed by atoms with van der Waals surface area (Å²) in [5, 5.41) is 16.4. The molecule has 0 saturated heterocycles. The molecular weight excluding hydrogens is 378 g/mol. The summed E-state index contributed by atoms with van der Waals surface area (Å²) >= 11 is 1.45. The molecular formula is C20H19N3O4S. The lowest BCUT2D eigenvalue weighted by Gasteiger charge is -2.07. The van der Waals surface area contributed by atoms with Crippen LogP contribution in [0.4, 0.5) is 5.69 Å². The van der Waals surface area contributed by atoms with Crippen LogP contribution in [0.1, 0.15) is 18.2 Å². The van der Waals surface area contributed by atoms with E-state index in [1.54, 1.807) is 18.2 Å². The number of nitrogens with one attached hydrogen (secondary N) is 1. The minimum Gasteiger partial charge on any atom is -0.493 e. The Labute approximate surface area is 166 Å². The molecule has 0 saturated carbocycles. The quantitative estimate of drug-likeness (QED) is 0.458. The number of hydrogen-bond acceptors (Lipinski definition) is 6. The van der Waals surface area contributed by atoms with Gasteiger partial charge in [-0.2, -0.15) is 0 Å². The Morgan fingerprint density at radius 1 is 1.21 bits per heavy atom. The van der Waals surface area contributed by atoms with E-state index in [1.165, 1.54) is 17.4 Å². The zero-order valence-corrected chi connectivity index (χ0v) is 16.1. The normalized spacial score (nSPS) is 10.5. The van der Waals surface area contributed by atoms with Gasteiger partial charge in [-0.05, 0) is 19.1 Å². The predicted octanol–water partition coefficient (Wildman–Crippen LogP) is 3.98. The van der Waals surface area contributed by atoms with Crippen molar-refractivity contribution >= 4 is 22.9 Å². The molecule has 0 aliphatic carbocycles. The van der Waals surface area contributed by atoms with Crippen molar-refractivity contribution in [3.8, 4) is 16.3 Å². The Kier molecular flexibility index (Phi) is 6.33. The van der Waals surface area contributed by atoms with Gasteiger partial charge in [0.1, 0.15) is 10.8 Å². The molecule has 0 spiro atoms. The number of nitro benzene ring substituents is 1. The van der Waals surface area contributed by atoms with Gasteiger partial charge in [-0.15, -0.1) is 11.3 Å². The highest BCUT2D eigenvalue weighted by Gasteiger charge is 2.15. The Morgan fingerprint density at radius 2 is 1.96 bits per heavy atom. The highest BCUT2D eigenvalue weighted by atomic mass is 32.1. The number of para-hydroxylation sites is 2. The molecule has 0 atom stereocenters.